The zero-order valence-electron chi connectivity index (χ0n) is 14.2. The fourth-order valence-electron chi connectivity index (χ4n) is 3.23. The van der Waals surface area contributed by atoms with E-state index in [9.17, 15) is 13.2 Å². The van der Waals surface area contributed by atoms with Crippen LogP contribution in [0.1, 0.15) is 32.6 Å². The molecule has 0 bridgehead atoms. The molecule has 0 aromatic rings. The second-order valence-electron chi connectivity index (χ2n) is 6.55. The molecular formula is C15H29N3O4S. The SMILES string of the molecule is C[C@H]1CCCC[C@H]1OCCNC(=O)N1CCN(S(C)(=O)=O)CC1. The summed E-state index contributed by atoms with van der Waals surface area (Å²) in [4.78, 5) is 13.7. The number of ether oxygens (including phenoxy) is 1. The van der Waals surface area contributed by atoms with Crippen LogP contribution in [0.3, 0.4) is 0 Å². The summed E-state index contributed by atoms with van der Waals surface area (Å²) in [6.07, 6.45) is 6.37. The van der Waals surface area contributed by atoms with Gasteiger partial charge in [-0.15, -0.1) is 0 Å². The molecule has 134 valence electrons. The summed E-state index contributed by atoms with van der Waals surface area (Å²) in [5.41, 5.74) is 0. The zero-order valence-corrected chi connectivity index (χ0v) is 15.0. The number of hydrogen-bond donors (Lipinski definition) is 1. The van der Waals surface area contributed by atoms with Gasteiger partial charge in [0.1, 0.15) is 0 Å². The first-order valence-electron chi connectivity index (χ1n) is 8.47. The number of piperazine rings is 1. The third-order valence-corrected chi connectivity index (χ3v) is 6.04. The first-order valence-corrected chi connectivity index (χ1v) is 10.3. The number of sulfonamides is 1. The number of nitrogens with one attached hydrogen (secondary N) is 1. The van der Waals surface area contributed by atoms with Crippen molar-refractivity contribution in [2.45, 2.75) is 38.7 Å². The van der Waals surface area contributed by atoms with Crippen LogP contribution in [0.4, 0.5) is 4.79 Å². The normalized spacial score (nSPS) is 27.0. The van der Waals surface area contributed by atoms with E-state index in [0.29, 0.717) is 51.4 Å². The van der Waals surface area contributed by atoms with E-state index in [1.807, 2.05) is 0 Å². The van der Waals surface area contributed by atoms with Gasteiger partial charge in [-0.2, -0.15) is 4.31 Å². The summed E-state index contributed by atoms with van der Waals surface area (Å²) in [6.45, 7) is 4.84. The Kier molecular flexibility index (Phi) is 6.67. The van der Waals surface area contributed by atoms with Crippen LogP contribution >= 0.6 is 0 Å². The molecule has 1 saturated heterocycles. The third kappa shape index (κ3) is 5.61. The number of urea groups is 1. The van der Waals surface area contributed by atoms with Crippen molar-refractivity contribution in [2.24, 2.45) is 5.92 Å². The van der Waals surface area contributed by atoms with Crippen molar-refractivity contribution in [3.63, 3.8) is 0 Å². The fourth-order valence-corrected chi connectivity index (χ4v) is 4.06. The highest BCUT2D eigenvalue weighted by Gasteiger charge is 2.26. The summed E-state index contributed by atoms with van der Waals surface area (Å²) < 4.78 is 30.2. The lowest BCUT2D eigenvalue weighted by Gasteiger charge is -2.33. The first-order chi connectivity index (χ1) is 10.9. The summed E-state index contributed by atoms with van der Waals surface area (Å²) >= 11 is 0. The molecule has 23 heavy (non-hydrogen) atoms. The minimum atomic E-state index is -3.16. The molecule has 0 spiro atoms. The molecule has 2 aliphatic rings. The molecule has 2 amide bonds. The van der Waals surface area contributed by atoms with E-state index in [1.54, 1.807) is 4.90 Å². The van der Waals surface area contributed by atoms with Gasteiger partial charge in [0.2, 0.25) is 10.0 Å². The highest BCUT2D eigenvalue weighted by Crippen LogP contribution is 2.25. The molecule has 0 unspecified atom stereocenters. The lowest BCUT2D eigenvalue weighted by Crippen LogP contribution is -2.53. The number of amides is 2. The molecule has 0 aromatic carbocycles. The number of carbonyl (C=O) groups is 1. The van der Waals surface area contributed by atoms with Crippen LogP contribution in [0.25, 0.3) is 0 Å². The van der Waals surface area contributed by atoms with E-state index >= 15 is 0 Å². The van der Waals surface area contributed by atoms with E-state index in [0.717, 1.165) is 6.42 Å². The van der Waals surface area contributed by atoms with Crippen LogP contribution in [0.5, 0.6) is 0 Å². The smallest absolute Gasteiger partial charge is 0.317 e. The molecule has 2 atom stereocenters. The van der Waals surface area contributed by atoms with Gasteiger partial charge >= 0.3 is 6.03 Å². The molecular weight excluding hydrogens is 318 g/mol. The molecule has 1 heterocycles. The van der Waals surface area contributed by atoms with Crippen LogP contribution in [0, 0.1) is 5.92 Å². The van der Waals surface area contributed by atoms with Gasteiger partial charge in [-0.05, 0) is 18.8 Å². The van der Waals surface area contributed by atoms with Crippen LogP contribution < -0.4 is 5.32 Å². The molecule has 0 aromatic heterocycles. The van der Waals surface area contributed by atoms with Crippen molar-refractivity contribution in [2.75, 3.05) is 45.6 Å². The average molecular weight is 347 g/mol. The van der Waals surface area contributed by atoms with Crippen molar-refractivity contribution in [3.8, 4) is 0 Å². The number of nitrogens with zero attached hydrogens (tertiary/aromatic N) is 2. The Hall–Kier alpha value is -0.860. The summed E-state index contributed by atoms with van der Waals surface area (Å²) in [7, 11) is -3.16. The van der Waals surface area contributed by atoms with Crippen molar-refractivity contribution < 1.29 is 17.9 Å². The summed E-state index contributed by atoms with van der Waals surface area (Å²) in [5, 5.41) is 2.85. The maximum absolute atomic E-state index is 12.1. The van der Waals surface area contributed by atoms with Crippen molar-refractivity contribution in [1.82, 2.24) is 14.5 Å². The molecule has 7 nitrogen and oxygen atoms in total. The number of hydrogen-bond acceptors (Lipinski definition) is 4. The second kappa shape index (κ2) is 8.30. The zero-order chi connectivity index (χ0) is 16.9. The number of rotatable bonds is 5. The predicted octanol–water partition coefficient (Wildman–Crippen LogP) is 0.869. The van der Waals surface area contributed by atoms with E-state index in [2.05, 4.69) is 12.2 Å². The van der Waals surface area contributed by atoms with Gasteiger partial charge < -0.3 is 15.0 Å². The van der Waals surface area contributed by atoms with Gasteiger partial charge in [-0.1, -0.05) is 19.8 Å². The topological polar surface area (TPSA) is 79.0 Å². The van der Waals surface area contributed by atoms with Crippen LogP contribution in [-0.2, 0) is 14.8 Å². The van der Waals surface area contributed by atoms with Crippen molar-refractivity contribution in [3.05, 3.63) is 0 Å². The molecule has 8 heteroatoms. The lowest BCUT2D eigenvalue weighted by atomic mass is 9.88. The van der Waals surface area contributed by atoms with E-state index in [-0.39, 0.29) is 6.03 Å². The average Bonchev–Trinajstić information content (AvgIpc) is 2.52. The Morgan fingerprint density at radius 2 is 1.83 bits per heavy atom. The molecule has 2 rings (SSSR count). The van der Waals surface area contributed by atoms with E-state index in [4.69, 9.17) is 4.74 Å². The molecule has 0 radical (unpaired) electrons. The second-order valence-corrected chi connectivity index (χ2v) is 8.53. The van der Waals surface area contributed by atoms with Gasteiger partial charge in [0.05, 0.1) is 19.0 Å². The Labute approximate surface area is 139 Å². The quantitative estimate of drug-likeness (QED) is 0.749. The Balaban J connectivity index is 1.62. The van der Waals surface area contributed by atoms with E-state index in [1.165, 1.54) is 29.8 Å². The monoisotopic (exact) mass is 347 g/mol. The van der Waals surface area contributed by atoms with Gasteiger partial charge in [0.25, 0.3) is 0 Å². The van der Waals surface area contributed by atoms with Gasteiger partial charge in [0, 0.05) is 32.7 Å². The third-order valence-electron chi connectivity index (χ3n) is 4.74. The Bertz CT molecular complexity index is 489. The standard InChI is InChI=1S/C15H29N3O4S/c1-13-5-3-4-6-14(13)22-12-7-16-15(19)17-8-10-18(11-9-17)23(2,20)21/h13-14H,3-12H2,1-2H3,(H,16,19)/t13-,14+/m0/s1. The Morgan fingerprint density at radius 3 is 2.43 bits per heavy atom. The largest absolute Gasteiger partial charge is 0.376 e. The molecule has 1 aliphatic carbocycles. The van der Waals surface area contributed by atoms with Gasteiger partial charge in [0.15, 0.2) is 0 Å². The highest BCUT2D eigenvalue weighted by molar-refractivity contribution is 7.88. The van der Waals surface area contributed by atoms with Crippen molar-refractivity contribution >= 4 is 16.1 Å². The molecule has 1 N–H and O–H groups in total. The van der Waals surface area contributed by atoms with E-state index < -0.39 is 10.0 Å². The number of carbonyl (C=O) groups excluding carboxylic acids is 1. The molecule has 2 fully saturated rings. The maximum Gasteiger partial charge on any atom is 0.317 e. The van der Waals surface area contributed by atoms with Gasteiger partial charge in [-0.3, -0.25) is 0 Å². The van der Waals surface area contributed by atoms with Gasteiger partial charge in [-0.25, -0.2) is 13.2 Å². The van der Waals surface area contributed by atoms with Crippen molar-refractivity contribution in [1.29, 1.82) is 0 Å². The lowest BCUT2D eigenvalue weighted by molar-refractivity contribution is -0.00277. The molecule has 1 aliphatic heterocycles. The Morgan fingerprint density at radius 1 is 1.17 bits per heavy atom. The van der Waals surface area contributed by atoms with Crippen LogP contribution in [0.15, 0.2) is 0 Å². The summed E-state index contributed by atoms with van der Waals surface area (Å²) in [6, 6.07) is -0.140. The molecule has 1 saturated carbocycles. The fraction of sp³-hybridized carbons (Fsp3) is 0.933. The highest BCUT2D eigenvalue weighted by atomic mass is 32.2. The maximum atomic E-state index is 12.1. The van der Waals surface area contributed by atoms with Crippen LogP contribution in [-0.4, -0.2) is 75.3 Å². The minimum Gasteiger partial charge on any atom is -0.376 e. The predicted molar refractivity (Wildman–Crippen MR) is 88.8 cm³/mol. The minimum absolute atomic E-state index is 0.140. The summed E-state index contributed by atoms with van der Waals surface area (Å²) in [5.74, 6) is 0.600. The first kappa shape index (κ1) is 18.5. The van der Waals surface area contributed by atoms with Crippen LogP contribution in [0.2, 0.25) is 0 Å².